The van der Waals surface area contributed by atoms with E-state index in [9.17, 15) is 0 Å². The molecule has 0 amide bonds. The molecule has 3 atom stereocenters. The lowest BCUT2D eigenvalue weighted by Gasteiger charge is -2.24. The zero-order valence-electron chi connectivity index (χ0n) is 12.4. The number of rotatable bonds is 3. The molecule has 2 nitrogen and oxygen atoms in total. The van der Waals surface area contributed by atoms with Gasteiger partial charge in [0.25, 0.3) is 0 Å². The molecule has 0 saturated carbocycles. The minimum Gasteiger partial charge on any atom is -0.326 e. The lowest BCUT2D eigenvalue weighted by molar-refractivity contribution is 0.257. The highest BCUT2D eigenvalue weighted by Gasteiger charge is 2.33. The van der Waals surface area contributed by atoms with Gasteiger partial charge in [-0.2, -0.15) is 0 Å². The van der Waals surface area contributed by atoms with Gasteiger partial charge in [0.1, 0.15) is 0 Å². The van der Waals surface area contributed by atoms with Gasteiger partial charge >= 0.3 is 0 Å². The number of hydrogen-bond donors (Lipinski definition) is 1. The normalized spacial score (nSPS) is 23.5. The fourth-order valence-corrected chi connectivity index (χ4v) is 3.17. The number of hydrogen-bond acceptors (Lipinski definition) is 2. The Kier molecular flexibility index (Phi) is 5.40. The molecule has 0 spiro atoms. The largest absolute Gasteiger partial charge is 0.326 e. The average molecular weight is 303 g/mol. The Balaban J connectivity index is 0.00000161. The lowest BCUT2D eigenvalue weighted by Crippen LogP contribution is -2.29. The molecule has 0 aliphatic carbocycles. The van der Waals surface area contributed by atoms with E-state index in [0.717, 1.165) is 13.1 Å². The second kappa shape index (κ2) is 7.08. The van der Waals surface area contributed by atoms with Gasteiger partial charge in [0.15, 0.2) is 0 Å². The van der Waals surface area contributed by atoms with Crippen LogP contribution in [0.4, 0.5) is 0 Å². The molecule has 2 N–H and O–H groups in total. The summed E-state index contributed by atoms with van der Waals surface area (Å²) < 4.78 is 0. The van der Waals surface area contributed by atoms with Crippen LogP contribution in [0.3, 0.4) is 0 Å². The van der Waals surface area contributed by atoms with Crippen LogP contribution >= 0.6 is 12.4 Å². The van der Waals surface area contributed by atoms with E-state index in [1.54, 1.807) is 0 Å². The third-order valence-corrected chi connectivity index (χ3v) is 4.45. The summed E-state index contributed by atoms with van der Waals surface area (Å²) in [6, 6.07) is 22.0. The Hall–Kier alpha value is -1.35. The molecule has 1 aliphatic heterocycles. The first-order chi connectivity index (χ1) is 9.75. The van der Waals surface area contributed by atoms with Gasteiger partial charge in [-0.1, -0.05) is 60.7 Å². The summed E-state index contributed by atoms with van der Waals surface area (Å²) >= 11 is 0. The number of likely N-dealkylation sites (tertiary alicyclic amines) is 1. The van der Waals surface area contributed by atoms with Crippen molar-refractivity contribution in [3.63, 3.8) is 0 Å². The molecule has 0 radical (unpaired) electrons. The first-order valence-corrected chi connectivity index (χ1v) is 7.35. The molecule has 3 rings (SSSR count). The fraction of sp³-hybridized carbons (Fsp3) is 0.333. The van der Waals surface area contributed by atoms with Crippen LogP contribution in [0.2, 0.25) is 0 Å². The van der Waals surface area contributed by atoms with Crippen LogP contribution in [0.15, 0.2) is 60.7 Å². The molecular weight excluding hydrogens is 280 g/mol. The molecule has 1 unspecified atom stereocenters. The predicted octanol–water partition coefficient (Wildman–Crippen LogP) is 3.60. The summed E-state index contributed by atoms with van der Waals surface area (Å²) in [5, 5.41) is 0. The molecule has 2 aromatic carbocycles. The maximum absolute atomic E-state index is 6.38. The van der Waals surface area contributed by atoms with Crippen LogP contribution in [-0.4, -0.2) is 24.0 Å². The monoisotopic (exact) mass is 302 g/mol. The Bertz CT molecular complexity index is 544. The van der Waals surface area contributed by atoms with Gasteiger partial charge in [-0.25, -0.2) is 0 Å². The van der Waals surface area contributed by atoms with Crippen LogP contribution in [0, 0.1) is 0 Å². The summed E-state index contributed by atoms with van der Waals surface area (Å²) in [6.07, 6.45) is 0. The second-order valence-electron chi connectivity index (χ2n) is 5.72. The second-order valence-corrected chi connectivity index (χ2v) is 5.72. The van der Waals surface area contributed by atoms with E-state index < -0.39 is 0 Å². The third-order valence-electron chi connectivity index (χ3n) is 4.45. The van der Waals surface area contributed by atoms with Crippen LogP contribution in [0.25, 0.3) is 0 Å². The molecule has 2 aromatic rings. The van der Waals surface area contributed by atoms with Gasteiger partial charge in [0, 0.05) is 31.1 Å². The van der Waals surface area contributed by atoms with Gasteiger partial charge < -0.3 is 5.73 Å². The molecule has 1 heterocycles. The summed E-state index contributed by atoms with van der Waals surface area (Å²) in [4.78, 5) is 2.50. The van der Waals surface area contributed by atoms with Crippen LogP contribution in [0.5, 0.6) is 0 Å². The van der Waals surface area contributed by atoms with Gasteiger partial charge in [-0.05, 0) is 18.1 Å². The molecule has 1 aliphatic rings. The lowest BCUT2D eigenvalue weighted by atomic mass is 9.95. The van der Waals surface area contributed by atoms with Gasteiger partial charge in [-0.15, -0.1) is 12.4 Å². The quantitative estimate of drug-likeness (QED) is 0.939. The van der Waals surface area contributed by atoms with E-state index in [2.05, 4.69) is 72.5 Å². The van der Waals surface area contributed by atoms with Gasteiger partial charge in [0.2, 0.25) is 0 Å². The highest BCUT2D eigenvalue weighted by atomic mass is 35.5. The molecular formula is C18H23ClN2. The topological polar surface area (TPSA) is 29.3 Å². The number of benzene rings is 2. The highest BCUT2D eigenvalue weighted by molar-refractivity contribution is 5.85. The molecule has 3 heteroatoms. The fourth-order valence-electron chi connectivity index (χ4n) is 3.17. The maximum atomic E-state index is 6.38. The summed E-state index contributed by atoms with van der Waals surface area (Å²) in [7, 11) is 0. The van der Waals surface area contributed by atoms with Gasteiger partial charge in [0.05, 0.1) is 0 Å². The number of halogens is 1. The van der Waals surface area contributed by atoms with E-state index in [1.807, 2.05) is 0 Å². The maximum Gasteiger partial charge on any atom is 0.0320 e. The van der Waals surface area contributed by atoms with E-state index in [-0.39, 0.29) is 18.4 Å². The predicted molar refractivity (Wildman–Crippen MR) is 90.8 cm³/mol. The molecule has 1 saturated heterocycles. The average Bonchev–Trinajstić information content (AvgIpc) is 2.90. The van der Waals surface area contributed by atoms with E-state index in [0.29, 0.717) is 12.0 Å². The molecule has 0 bridgehead atoms. The van der Waals surface area contributed by atoms with Crippen molar-refractivity contribution in [1.29, 1.82) is 0 Å². The zero-order chi connectivity index (χ0) is 13.9. The van der Waals surface area contributed by atoms with Crippen molar-refractivity contribution in [2.24, 2.45) is 5.73 Å². The first-order valence-electron chi connectivity index (χ1n) is 7.35. The Morgan fingerprint density at radius 3 is 2.14 bits per heavy atom. The van der Waals surface area contributed by atoms with Crippen molar-refractivity contribution in [1.82, 2.24) is 4.90 Å². The van der Waals surface area contributed by atoms with Crippen LogP contribution in [0.1, 0.15) is 30.0 Å². The molecule has 0 aromatic heterocycles. The minimum absolute atomic E-state index is 0. The summed E-state index contributed by atoms with van der Waals surface area (Å²) in [5.74, 6) is 0.447. The van der Waals surface area contributed by atoms with Crippen molar-refractivity contribution in [2.75, 3.05) is 13.1 Å². The van der Waals surface area contributed by atoms with Crippen molar-refractivity contribution in [3.05, 3.63) is 71.8 Å². The molecule has 1 fully saturated rings. The van der Waals surface area contributed by atoms with Crippen LogP contribution < -0.4 is 5.73 Å². The van der Waals surface area contributed by atoms with E-state index >= 15 is 0 Å². The third kappa shape index (κ3) is 3.46. The molecule has 21 heavy (non-hydrogen) atoms. The number of nitrogens with zero attached hydrogens (tertiary/aromatic N) is 1. The molecule has 112 valence electrons. The van der Waals surface area contributed by atoms with Crippen molar-refractivity contribution in [2.45, 2.75) is 24.9 Å². The Labute approximate surface area is 133 Å². The highest BCUT2D eigenvalue weighted by Crippen LogP contribution is 2.32. The number of nitrogens with two attached hydrogens (primary N) is 1. The minimum atomic E-state index is 0. The van der Waals surface area contributed by atoms with Gasteiger partial charge in [-0.3, -0.25) is 4.90 Å². The summed E-state index contributed by atoms with van der Waals surface area (Å²) in [6.45, 7) is 4.28. The van der Waals surface area contributed by atoms with E-state index in [1.165, 1.54) is 11.1 Å². The van der Waals surface area contributed by atoms with Crippen molar-refractivity contribution >= 4 is 12.4 Å². The van der Waals surface area contributed by atoms with Crippen molar-refractivity contribution in [3.8, 4) is 0 Å². The Morgan fingerprint density at radius 2 is 1.52 bits per heavy atom. The van der Waals surface area contributed by atoms with E-state index in [4.69, 9.17) is 5.73 Å². The van der Waals surface area contributed by atoms with Crippen molar-refractivity contribution < 1.29 is 0 Å². The Morgan fingerprint density at radius 1 is 0.952 bits per heavy atom. The first kappa shape index (κ1) is 16.0. The summed E-state index contributed by atoms with van der Waals surface area (Å²) in [5.41, 5.74) is 9.11. The smallest absolute Gasteiger partial charge is 0.0320 e. The standard InChI is InChI=1S/C18H22N2.ClH/c1-14(15-8-4-2-5-9-15)20-12-17(18(19)13-20)16-10-6-3-7-11-16;/h2-11,14,17-18H,12-13,19H2,1H3;1H/t14?,17-,18+;/m0./s1. The SMILES string of the molecule is CC(c1ccccc1)N1C[C@@H](N)[C@H](c2ccccc2)C1.Cl. The van der Waals surface area contributed by atoms with Crippen LogP contribution in [-0.2, 0) is 0 Å². The zero-order valence-corrected chi connectivity index (χ0v) is 13.2.